The molecule has 0 aliphatic rings. The highest BCUT2D eigenvalue weighted by molar-refractivity contribution is 8.32. The molecule has 0 radical (unpaired) electrons. The predicted molar refractivity (Wildman–Crippen MR) is 110 cm³/mol. The van der Waals surface area contributed by atoms with Crippen LogP contribution in [0.2, 0.25) is 5.02 Å². The monoisotopic (exact) mass is 384 g/mol. The maximum Gasteiger partial charge on any atom is 0.415 e. The van der Waals surface area contributed by atoms with Crippen molar-refractivity contribution < 1.29 is 9.53 Å². The van der Waals surface area contributed by atoms with E-state index >= 15 is 0 Å². The zero-order valence-electron chi connectivity index (χ0n) is 16.2. The first-order valence-corrected chi connectivity index (χ1v) is 11.3. The van der Waals surface area contributed by atoms with Gasteiger partial charge in [0.15, 0.2) is 5.75 Å². The van der Waals surface area contributed by atoms with Gasteiger partial charge in [-0.3, -0.25) is 0 Å². The number of hydrogen-bond acceptors (Lipinski definition) is 2. The van der Waals surface area contributed by atoms with Gasteiger partial charge in [0.1, 0.15) is 0 Å². The Bertz CT molecular complexity index is 774. The van der Waals surface area contributed by atoms with Gasteiger partial charge in [0.2, 0.25) is 0 Å². The van der Waals surface area contributed by atoms with E-state index in [-0.39, 0.29) is 10.8 Å². The van der Waals surface area contributed by atoms with Gasteiger partial charge < -0.3 is 13.6 Å². The number of benzene rings is 1. The molecule has 4 nitrogen and oxygen atoms in total. The van der Waals surface area contributed by atoms with Gasteiger partial charge in [-0.25, -0.2) is 4.79 Å². The predicted octanol–water partition coefficient (Wildman–Crippen LogP) is 5.76. The van der Waals surface area contributed by atoms with Crippen LogP contribution >= 0.6 is 21.8 Å². The van der Waals surface area contributed by atoms with E-state index < -0.39 is 10.2 Å². The van der Waals surface area contributed by atoms with Crippen molar-refractivity contribution in [3.8, 4) is 5.75 Å². The van der Waals surface area contributed by atoms with Crippen molar-refractivity contribution in [2.24, 2.45) is 0 Å². The number of fused-ring (bicyclic) bond motifs is 1. The molecule has 1 aromatic heterocycles. The molecule has 0 saturated heterocycles. The summed E-state index contributed by atoms with van der Waals surface area (Å²) in [6, 6.07) is 5.79. The standard InChI is InChI=1S/C19H29ClN2O2S/c1-8-21(9-2)18(23)24-16-11-10-15-14(17(16)20)12-13-22(15)25(6,7)19(3,4)5/h10-13H,8-9H2,1-7H3. The number of rotatable bonds is 4. The van der Waals surface area contributed by atoms with Gasteiger partial charge in [0.05, 0.1) is 10.5 Å². The van der Waals surface area contributed by atoms with Crippen LogP contribution in [0.4, 0.5) is 4.79 Å². The number of carbonyl (C=O) groups excluding carboxylic acids is 1. The number of amides is 1. The summed E-state index contributed by atoms with van der Waals surface area (Å²) in [5, 5.41) is 1.40. The largest absolute Gasteiger partial charge is 0.415 e. The number of aromatic nitrogens is 1. The second kappa shape index (κ2) is 7.12. The lowest BCUT2D eigenvalue weighted by Gasteiger charge is -2.46. The highest BCUT2D eigenvalue weighted by Crippen LogP contribution is 2.55. The van der Waals surface area contributed by atoms with E-state index in [0.717, 1.165) is 10.9 Å². The molecule has 0 aliphatic heterocycles. The smallest absolute Gasteiger partial charge is 0.409 e. The molecule has 0 saturated carbocycles. The van der Waals surface area contributed by atoms with Crippen LogP contribution in [0.1, 0.15) is 34.6 Å². The van der Waals surface area contributed by atoms with Crippen LogP contribution in [0.15, 0.2) is 24.4 Å². The zero-order valence-corrected chi connectivity index (χ0v) is 17.8. The van der Waals surface area contributed by atoms with Crippen molar-refractivity contribution in [2.45, 2.75) is 39.4 Å². The molecule has 2 aromatic rings. The van der Waals surface area contributed by atoms with E-state index in [1.54, 1.807) is 11.0 Å². The fraction of sp³-hybridized carbons (Fsp3) is 0.526. The Morgan fingerprint density at radius 3 is 2.32 bits per heavy atom. The van der Waals surface area contributed by atoms with Crippen LogP contribution in [0, 0.1) is 0 Å². The molecule has 0 bridgehead atoms. The van der Waals surface area contributed by atoms with E-state index in [1.807, 2.05) is 26.0 Å². The second-order valence-electron chi connectivity index (χ2n) is 7.38. The summed E-state index contributed by atoms with van der Waals surface area (Å²) in [6.07, 6.45) is 6.32. The molecule has 0 N–H and O–H groups in total. The van der Waals surface area contributed by atoms with Crippen molar-refractivity contribution in [1.29, 1.82) is 0 Å². The van der Waals surface area contributed by atoms with E-state index in [4.69, 9.17) is 16.3 Å². The van der Waals surface area contributed by atoms with Gasteiger partial charge >= 0.3 is 6.09 Å². The van der Waals surface area contributed by atoms with Crippen molar-refractivity contribution in [3.63, 3.8) is 0 Å². The molecule has 1 heterocycles. The van der Waals surface area contributed by atoms with E-state index in [2.05, 4.69) is 43.5 Å². The maximum atomic E-state index is 12.2. The number of halogens is 1. The summed E-state index contributed by atoms with van der Waals surface area (Å²) in [6.45, 7) is 11.8. The molecule has 0 unspecified atom stereocenters. The molecule has 0 fully saturated rings. The molecule has 0 aliphatic carbocycles. The van der Waals surface area contributed by atoms with Gasteiger partial charge in [0, 0.05) is 29.4 Å². The molecule has 140 valence electrons. The number of carbonyl (C=O) groups is 1. The average molecular weight is 385 g/mol. The third kappa shape index (κ3) is 3.63. The Labute approximate surface area is 157 Å². The minimum absolute atomic E-state index is 0.152. The molecular weight excluding hydrogens is 356 g/mol. The molecule has 1 amide bonds. The molecular formula is C19H29ClN2O2S. The Balaban J connectivity index is 2.45. The fourth-order valence-corrected chi connectivity index (χ4v) is 4.42. The van der Waals surface area contributed by atoms with Crippen molar-refractivity contribution >= 4 is 38.8 Å². The topological polar surface area (TPSA) is 34.5 Å². The van der Waals surface area contributed by atoms with Gasteiger partial charge in [-0.2, -0.15) is 10.2 Å². The van der Waals surface area contributed by atoms with E-state index in [9.17, 15) is 4.79 Å². The first-order valence-electron chi connectivity index (χ1n) is 8.54. The summed E-state index contributed by atoms with van der Waals surface area (Å²) in [5.74, 6) is 0.410. The lowest BCUT2D eigenvalue weighted by molar-refractivity contribution is 0.157. The van der Waals surface area contributed by atoms with Crippen molar-refractivity contribution in [1.82, 2.24) is 8.87 Å². The Hall–Kier alpha value is -1.33. The fourth-order valence-electron chi connectivity index (χ4n) is 2.55. The summed E-state index contributed by atoms with van der Waals surface area (Å²) < 4.78 is 7.99. The normalized spacial score (nSPS) is 13.1. The van der Waals surface area contributed by atoms with Crippen molar-refractivity contribution in [2.75, 3.05) is 25.6 Å². The van der Waals surface area contributed by atoms with Crippen LogP contribution in [0.25, 0.3) is 10.9 Å². The lowest BCUT2D eigenvalue weighted by Crippen LogP contribution is -2.33. The summed E-state index contributed by atoms with van der Waals surface area (Å²) in [5.41, 5.74) is 1.07. The van der Waals surface area contributed by atoms with Crippen LogP contribution < -0.4 is 4.74 Å². The minimum Gasteiger partial charge on any atom is -0.409 e. The van der Waals surface area contributed by atoms with Crippen LogP contribution in [-0.4, -0.2) is 45.3 Å². The highest BCUT2D eigenvalue weighted by Gasteiger charge is 2.30. The first kappa shape index (κ1) is 20.0. The second-order valence-corrected chi connectivity index (χ2v) is 11.9. The first-order chi connectivity index (χ1) is 11.5. The lowest BCUT2D eigenvalue weighted by atomic mass is 10.2. The zero-order chi connectivity index (χ0) is 19.0. The summed E-state index contributed by atoms with van der Waals surface area (Å²) in [7, 11) is -1.09. The van der Waals surface area contributed by atoms with Gasteiger partial charge in [0.25, 0.3) is 0 Å². The van der Waals surface area contributed by atoms with E-state index in [1.165, 1.54) is 0 Å². The third-order valence-electron chi connectivity index (χ3n) is 4.94. The Kier molecular flexibility index (Phi) is 5.69. The van der Waals surface area contributed by atoms with Crippen LogP contribution in [-0.2, 0) is 0 Å². The average Bonchev–Trinajstić information content (AvgIpc) is 2.95. The molecule has 0 atom stereocenters. The SMILES string of the molecule is CCN(CC)C(=O)Oc1ccc2c(ccn2S(C)(C)C(C)(C)C)c1Cl. The summed E-state index contributed by atoms with van der Waals surface area (Å²) >= 11 is 6.55. The quantitative estimate of drug-likeness (QED) is 0.671. The van der Waals surface area contributed by atoms with E-state index in [0.29, 0.717) is 23.9 Å². The highest BCUT2D eigenvalue weighted by atomic mass is 35.5. The van der Waals surface area contributed by atoms with Gasteiger partial charge in [-0.1, -0.05) is 32.4 Å². The van der Waals surface area contributed by atoms with Gasteiger partial charge in [-0.15, -0.1) is 0 Å². The number of ether oxygens (including phenoxy) is 1. The van der Waals surface area contributed by atoms with Crippen LogP contribution in [0.5, 0.6) is 5.75 Å². The molecule has 6 heteroatoms. The Morgan fingerprint density at radius 1 is 1.20 bits per heavy atom. The van der Waals surface area contributed by atoms with Gasteiger partial charge in [-0.05, 0) is 44.6 Å². The molecule has 0 spiro atoms. The van der Waals surface area contributed by atoms with Crippen molar-refractivity contribution in [3.05, 3.63) is 29.4 Å². The molecule has 1 aromatic carbocycles. The van der Waals surface area contributed by atoms with Crippen LogP contribution in [0.3, 0.4) is 0 Å². The number of hydrogen-bond donors (Lipinski definition) is 0. The number of nitrogens with zero attached hydrogens (tertiary/aromatic N) is 2. The summed E-state index contributed by atoms with van der Waals surface area (Å²) in [4.78, 5) is 13.8. The Morgan fingerprint density at radius 2 is 1.80 bits per heavy atom. The molecule has 2 rings (SSSR count). The third-order valence-corrected chi connectivity index (χ3v) is 9.63. The maximum absolute atomic E-state index is 12.2. The minimum atomic E-state index is -1.09. The molecule has 25 heavy (non-hydrogen) atoms.